The second kappa shape index (κ2) is 7.41. The van der Waals surface area contributed by atoms with Crippen LogP contribution in [0.15, 0.2) is 24.5 Å². The van der Waals surface area contributed by atoms with Crippen molar-refractivity contribution < 1.29 is 31.7 Å². The van der Waals surface area contributed by atoms with Crippen LogP contribution in [0.5, 0.6) is 0 Å². The third kappa shape index (κ3) is 4.33. The molecule has 0 saturated carbocycles. The smallest absolute Gasteiger partial charge is 0.347 e. The molecule has 0 aromatic carbocycles. The Bertz CT molecular complexity index is 361. The minimum Gasteiger partial charge on any atom is -0.388 e. The van der Waals surface area contributed by atoms with Crippen molar-refractivity contribution in [1.82, 2.24) is 4.98 Å². The van der Waals surface area contributed by atoms with Gasteiger partial charge in [0.15, 0.2) is 0 Å². The number of carbonyl (C=O) groups excluding carboxylic acids is 2. The molecule has 0 aliphatic rings. The molecule has 0 aliphatic carbocycles. The molecule has 0 fully saturated rings. The summed E-state index contributed by atoms with van der Waals surface area (Å²) < 4.78 is 4.50. The maximum atomic E-state index is 11.3. The number of rotatable bonds is 3. The van der Waals surface area contributed by atoms with E-state index in [0.29, 0.717) is 0 Å². The standard InChI is InChI=1S/C9H10N2O3S.Cr/c10-7(5-15)9(13)14-8(12)6-2-1-3-11-4-6;/h1-4,7,15H,5,10H2;/t7-;/m0./s1. The SMILES string of the molecule is N[C@@H](CS)C(=O)OC(=O)c1cccnc1.[Cr]. The molecule has 16 heavy (non-hydrogen) atoms. The first-order valence-electron chi connectivity index (χ1n) is 4.17. The van der Waals surface area contributed by atoms with Crippen molar-refractivity contribution >= 4 is 24.6 Å². The first kappa shape index (κ1) is 15.1. The average Bonchev–Trinajstić information content (AvgIpc) is 2.29. The summed E-state index contributed by atoms with van der Waals surface area (Å²) in [5, 5.41) is 0. The van der Waals surface area contributed by atoms with E-state index >= 15 is 0 Å². The van der Waals surface area contributed by atoms with Gasteiger partial charge in [0.2, 0.25) is 0 Å². The van der Waals surface area contributed by atoms with E-state index in [9.17, 15) is 9.59 Å². The van der Waals surface area contributed by atoms with Crippen LogP contribution in [0, 0.1) is 0 Å². The van der Waals surface area contributed by atoms with Crippen molar-refractivity contribution in [3.05, 3.63) is 30.1 Å². The number of nitrogens with two attached hydrogens (primary N) is 1. The van der Waals surface area contributed by atoms with E-state index in [0.717, 1.165) is 0 Å². The van der Waals surface area contributed by atoms with Crippen molar-refractivity contribution in [3.63, 3.8) is 0 Å². The molecule has 0 unspecified atom stereocenters. The van der Waals surface area contributed by atoms with Gasteiger partial charge in [-0.3, -0.25) is 4.98 Å². The van der Waals surface area contributed by atoms with E-state index in [1.165, 1.54) is 18.5 Å². The number of pyridine rings is 1. The summed E-state index contributed by atoms with van der Waals surface area (Å²) in [6, 6.07) is 2.17. The van der Waals surface area contributed by atoms with Gasteiger partial charge in [0.1, 0.15) is 6.04 Å². The Morgan fingerprint density at radius 1 is 1.56 bits per heavy atom. The van der Waals surface area contributed by atoms with Gasteiger partial charge in [-0.25, -0.2) is 9.59 Å². The predicted octanol–water partition coefficient (Wildman–Crippen LogP) is 0.0196. The number of nitrogens with zero attached hydrogens (tertiary/aromatic N) is 1. The number of carbonyl (C=O) groups is 2. The zero-order valence-corrected chi connectivity index (χ0v) is 10.4. The van der Waals surface area contributed by atoms with E-state index in [-0.39, 0.29) is 28.7 Å². The largest absolute Gasteiger partial charge is 0.388 e. The summed E-state index contributed by atoms with van der Waals surface area (Å²) in [5.74, 6) is -1.43. The summed E-state index contributed by atoms with van der Waals surface area (Å²) in [4.78, 5) is 26.2. The summed E-state index contributed by atoms with van der Waals surface area (Å²) in [7, 11) is 0. The zero-order valence-electron chi connectivity index (χ0n) is 8.20. The molecule has 2 N–H and O–H groups in total. The number of esters is 2. The first-order chi connectivity index (χ1) is 7.15. The van der Waals surface area contributed by atoms with Gasteiger partial charge in [-0.1, -0.05) is 0 Å². The van der Waals surface area contributed by atoms with Crippen LogP contribution in [-0.2, 0) is 26.9 Å². The molecule has 0 bridgehead atoms. The monoisotopic (exact) mass is 278 g/mol. The van der Waals surface area contributed by atoms with Gasteiger partial charge in [-0.2, -0.15) is 12.6 Å². The summed E-state index contributed by atoms with van der Waals surface area (Å²) >= 11 is 3.82. The van der Waals surface area contributed by atoms with Crippen LogP contribution in [0.25, 0.3) is 0 Å². The maximum Gasteiger partial charge on any atom is 0.347 e. The second-order valence-electron chi connectivity index (χ2n) is 2.74. The number of thiol groups is 1. The minimum absolute atomic E-state index is 0. The molecule has 86 valence electrons. The van der Waals surface area contributed by atoms with Crippen LogP contribution in [0.1, 0.15) is 10.4 Å². The van der Waals surface area contributed by atoms with Crippen molar-refractivity contribution in [2.75, 3.05) is 5.75 Å². The normalized spacial score (nSPS) is 11.1. The van der Waals surface area contributed by atoms with Crippen LogP contribution < -0.4 is 5.73 Å². The molecular weight excluding hydrogens is 268 g/mol. The molecule has 1 aromatic rings. The molecule has 1 aromatic heterocycles. The molecule has 1 rings (SSSR count). The van der Waals surface area contributed by atoms with E-state index < -0.39 is 18.0 Å². The molecule has 0 spiro atoms. The molecule has 0 radical (unpaired) electrons. The number of aromatic nitrogens is 1. The maximum absolute atomic E-state index is 11.3. The van der Waals surface area contributed by atoms with Crippen molar-refractivity contribution in [2.24, 2.45) is 5.73 Å². The minimum atomic E-state index is -0.894. The second-order valence-corrected chi connectivity index (χ2v) is 3.10. The Hall–Kier alpha value is -0.868. The van der Waals surface area contributed by atoms with Crippen LogP contribution in [0.3, 0.4) is 0 Å². The number of ether oxygens (including phenoxy) is 1. The van der Waals surface area contributed by atoms with Gasteiger partial charge in [-0.05, 0) is 12.1 Å². The zero-order chi connectivity index (χ0) is 11.3. The third-order valence-corrected chi connectivity index (χ3v) is 1.98. The Morgan fingerprint density at radius 3 is 2.75 bits per heavy atom. The van der Waals surface area contributed by atoms with Crippen LogP contribution >= 0.6 is 12.6 Å². The fraction of sp³-hybridized carbons (Fsp3) is 0.222. The summed E-state index contributed by atoms with van der Waals surface area (Å²) in [5.41, 5.74) is 5.53. The fourth-order valence-corrected chi connectivity index (χ4v) is 0.933. The Labute approximate surface area is 109 Å². The number of hydrogen-bond donors (Lipinski definition) is 2. The van der Waals surface area contributed by atoms with E-state index in [1.54, 1.807) is 6.07 Å². The molecule has 1 heterocycles. The Morgan fingerprint density at radius 2 is 2.25 bits per heavy atom. The summed E-state index contributed by atoms with van der Waals surface area (Å²) in [6.07, 6.45) is 2.82. The average molecular weight is 278 g/mol. The Balaban J connectivity index is 0.00000225. The van der Waals surface area contributed by atoms with Crippen LogP contribution in [0.2, 0.25) is 0 Å². The van der Waals surface area contributed by atoms with Crippen LogP contribution in [-0.4, -0.2) is 28.7 Å². The van der Waals surface area contributed by atoms with Gasteiger partial charge >= 0.3 is 11.9 Å². The van der Waals surface area contributed by atoms with E-state index in [2.05, 4.69) is 22.3 Å². The Kier molecular flexibility index (Phi) is 7.01. The topological polar surface area (TPSA) is 82.3 Å². The molecule has 7 heteroatoms. The fourth-order valence-electron chi connectivity index (χ4n) is 0.784. The van der Waals surface area contributed by atoms with Gasteiger partial charge in [0, 0.05) is 35.5 Å². The molecule has 5 nitrogen and oxygen atoms in total. The van der Waals surface area contributed by atoms with Crippen molar-refractivity contribution in [3.8, 4) is 0 Å². The van der Waals surface area contributed by atoms with E-state index in [1.807, 2.05) is 0 Å². The van der Waals surface area contributed by atoms with Crippen LogP contribution in [0.4, 0.5) is 0 Å². The van der Waals surface area contributed by atoms with Gasteiger partial charge in [0.05, 0.1) is 5.56 Å². The molecular formula is C9H10CrN2O3S. The van der Waals surface area contributed by atoms with Crippen molar-refractivity contribution in [2.45, 2.75) is 6.04 Å². The summed E-state index contributed by atoms with van der Waals surface area (Å²) in [6.45, 7) is 0. The number of hydrogen-bond acceptors (Lipinski definition) is 6. The quantitative estimate of drug-likeness (QED) is 0.463. The molecule has 0 amide bonds. The van der Waals surface area contributed by atoms with Gasteiger partial charge in [0.25, 0.3) is 0 Å². The van der Waals surface area contributed by atoms with Crippen molar-refractivity contribution in [1.29, 1.82) is 0 Å². The van der Waals surface area contributed by atoms with Gasteiger partial charge < -0.3 is 10.5 Å². The molecule has 0 saturated heterocycles. The van der Waals surface area contributed by atoms with E-state index in [4.69, 9.17) is 5.73 Å². The molecule has 1 atom stereocenters. The predicted molar refractivity (Wildman–Crippen MR) is 56.5 cm³/mol. The third-order valence-electron chi connectivity index (χ3n) is 1.59. The molecule has 0 aliphatic heterocycles. The first-order valence-corrected chi connectivity index (χ1v) is 4.81. The van der Waals surface area contributed by atoms with Gasteiger partial charge in [-0.15, -0.1) is 0 Å².